The molecule has 0 fully saturated rings. The van der Waals surface area contributed by atoms with Gasteiger partial charge < -0.3 is 19.9 Å². The number of fused-ring (bicyclic) bond motifs is 1. The third-order valence-corrected chi connectivity index (χ3v) is 6.68. The SMILES string of the molecule is Cc1ccc(COc2ccc(C3C(C#N)=C(N)Oc4cc(OC(=O)Cc5ccc(Cl)cc5)ccc43)cc2)cc1. The van der Waals surface area contributed by atoms with E-state index >= 15 is 0 Å². The number of nitrogens with two attached hydrogens (primary N) is 1. The molecule has 6 nitrogen and oxygen atoms in total. The fourth-order valence-electron chi connectivity index (χ4n) is 4.39. The average molecular weight is 537 g/mol. The van der Waals surface area contributed by atoms with E-state index in [4.69, 9.17) is 31.5 Å². The second kappa shape index (κ2) is 11.3. The van der Waals surface area contributed by atoms with Crippen LogP contribution in [0.1, 0.15) is 33.7 Å². The normalized spacial score (nSPS) is 14.1. The number of nitriles is 1. The minimum atomic E-state index is -0.441. The molecule has 7 heteroatoms. The smallest absolute Gasteiger partial charge is 0.315 e. The summed E-state index contributed by atoms with van der Waals surface area (Å²) in [6.07, 6.45) is 0.0939. The lowest BCUT2D eigenvalue weighted by molar-refractivity contribution is -0.133. The van der Waals surface area contributed by atoms with Crippen molar-refractivity contribution in [3.05, 3.63) is 135 Å². The number of esters is 1. The summed E-state index contributed by atoms with van der Waals surface area (Å²) in [6, 6.07) is 30.0. The molecule has 1 heterocycles. The second-order valence-electron chi connectivity index (χ2n) is 9.25. The number of benzene rings is 4. The third kappa shape index (κ3) is 6.06. The van der Waals surface area contributed by atoms with Gasteiger partial charge in [0.25, 0.3) is 0 Å². The van der Waals surface area contributed by atoms with E-state index in [2.05, 4.69) is 18.2 Å². The molecule has 0 aromatic heterocycles. The first-order valence-electron chi connectivity index (χ1n) is 12.3. The van der Waals surface area contributed by atoms with Crippen molar-refractivity contribution in [1.29, 1.82) is 5.26 Å². The summed E-state index contributed by atoms with van der Waals surface area (Å²) in [5.41, 5.74) is 11.1. The Hall–Kier alpha value is -4.73. The Labute approximate surface area is 231 Å². The molecule has 0 spiro atoms. The zero-order valence-corrected chi connectivity index (χ0v) is 21.9. The van der Waals surface area contributed by atoms with Gasteiger partial charge in [0.05, 0.1) is 12.3 Å². The van der Waals surface area contributed by atoms with Crippen molar-refractivity contribution < 1.29 is 19.0 Å². The van der Waals surface area contributed by atoms with E-state index in [1.807, 2.05) is 43.3 Å². The van der Waals surface area contributed by atoms with Gasteiger partial charge in [0, 0.05) is 16.7 Å². The fourth-order valence-corrected chi connectivity index (χ4v) is 4.51. The van der Waals surface area contributed by atoms with E-state index in [1.165, 1.54) is 5.56 Å². The molecule has 5 rings (SSSR count). The highest BCUT2D eigenvalue weighted by atomic mass is 35.5. The van der Waals surface area contributed by atoms with Gasteiger partial charge in [-0.3, -0.25) is 4.79 Å². The maximum absolute atomic E-state index is 12.5. The number of hydrogen-bond acceptors (Lipinski definition) is 6. The second-order valence-corrected chi connectivity index (χ2v) is 9.68. The molecule has 4 aromatic carbocycles. The number of hydrogen-bond donors (Lipinski definition) is 1. The highest BCUT2D eigenvalue weighted by molar-refractivity contribution is 6.30. The Morgan fingerprint density at radius 3 is 2.31 bits per heavy atom. The number of halogens is 1. The average Bonchev–Trinajstić information content (AvgIpc) is 2.93. The summed E-state index contributed by atoms with van der Waals surface area (Å²) in [4.78, 5) is 12.5. The van der Waals surface area contributed by atoms with Crippen LogP contribution in [0.2, 0.25) is 5.02 Å². The topological polar surface area (TPSA) is 94.6 Å². The summed E-state index contributed by atoms with van der Waals surface area (Å²) >= 11 is 5.91. The molecule has 0 aliphatic carbocycles. The number of carbonyl (C=O) groups is 1. The zero-order chi connectivity index (χ0) is 27.4. The largest absolute Gasteiger partial charge is 0.489 e. The van der Waals surface area contributed by atoms with Crippen molar-refractivity contribution in [2.75, 3.05) is 0 Å². The zero-order valence-electron chi connectivity index (χ0n) is 21.2. The molecular weight excluding hydrogens is 512 g/mol. The Morgan fingerprint density at radius 2 is 1.62 bits per heavy atom. The van der Waals surface area contributed by atoms with E-state index < -0.39 is 11.9 Å². The molecule has 0 radical (unpaired) electrons. The van der Waals surface area contributed by atoms with E-state index in [1.54, 1.807) is 42.5 Å². The van der Waals surface area contributed by atoms with Gasteiger partial charge >= 0.3 is 5.97 Å². The minimum Gasteiger partial charge on any atom is -0.489 e. The van der Waals surface area contributed by atoms with E-state index in [0.717, 1.165) is 22.3 Å². The van der Waals surface area contributed by atoms with Gasteiger partial charge in [-0.05, 0) is 53.9 Å². The molecule has 4 aromatic rings. The van der Waals surface area contributed by atoms with Crippen LogP contribution in [-0.4, -0.2) is 5.97 Å². The quantitative estimate of drug-likeness (QED) is 0.211. The number of allylic oxidation sites excluding steroid dienone is 1. The lowest BCUT2D eigenvalue weighted by Gasteiger charge is -2.26. The molecule has 194 valence electrons. The monoisotopic (exact) mass is 536 g/mol. The van der Waals surface area contributed by atoms with Crippen molar-refractivity contribution in [3.63, 3.8) is 0 Å². The van der Waals surface area contributed by atoms with Crippen LogP contribution in [0.4, 0.5) is 0 Å². The highest BCUT2D eigenvalue weighted by Crippen LogP contribution is 2.43. The lowest BCUT2D eigenvalue weighted by Crippen LogP contribution is -2.21. The van der Waals surface area contributed by atoms with Crippen LogP contribution in [0.3, 0.4) is 0 Å². The van der Waals surface area contributed by atoms with Crippen molar-refractivity contribution in [3.8, 4) is 23.3 Å². The summed E-state index contributed by atoms with van der Waals surface area (Å²) < 4.78 is 17.2. The first-order valence-corrected chi connectivity index (χ1v) is 12.7. The molecule has 0 amide bonds. The van der Waals surface area contributed by atoms with Crippen LogP contribution in [-0.2, 0) is 17.8 Å². The third-order valence-electron chi connectivity index (χ3n) is 6.42. The molecule has 2 N–H and O–H groups in total. The molecule has 0 saturated heterocycles. The number of rotatable bonds is 7. The van der Waals surface area contributed by atoms with Crippen LogP contribution in [0, 0.1) is 18.3 Å². The van der Waals surface area contributed by atoms with Gasteiger partial charge in [0.2, 0.25) is 5.88 Å². The van der Waals surface area contributed by atoms with Crippen LogP contribution >= 0.6 is 11.6 Å². The van der Waals surface area contributed by atoms with Gasteiger partial charge in [0.1, 0.15) is 35.5 Å². The predicted octanol–water partition coefficient (Wildman–Crippen LogP) is 6.59. The van der Waals surface area contributed by atoms with Crippen LogP contribution in [0.5, 0.6) is 17.2 Å². The van der Waals surface area contributed by atoms with E-state index in [0.29, 0.717) is 34.5 Å². The van der Waals surface area contributed by atoms with Gasteiger partial charge in [-0.1, -0.05) is 71.8 Å². The van der Waals surface area contributed by atoms with E-state index in [9.17, 15) is 10.1 Å². The Morgan fingerprint density at radius 1 is 0.949 bits per heavy atom. The lowest BCUT2D eigenvalue weighted by atomic mass is 9.83. The molecule has 0 bridgehead atoms. The summed E-state index contributed by atoms with van der Waals surface area (Å²) in [5.74, 6) is 0.604. The number of carbonyl (C=O) groups excluding carboxylic acids is 1. The Balaban J connectivity index is 1.33. The molecule has 1 unspecified atom stereocenters. The number of ether oxygens (including phenoxy) is 3. The highest BCUT2D eigenvalue weighted by Gasteiger charge is 2.31. The van der Waals surface area contributed by atoms with Gasteiger partial charge in [-0.15, -0.1) is 0 Å². The maximum Gasteiger partial charge on any atom is 0.315 e. The van der Waals surface area contributed by atoms with Crippen LogP contribution < -0.4 is 19.9 Å². The van der Waals surface area contributed by atoms with E-state index in [-0.39, 0.29) is 12.3 Å². The maximum atomic E-state index is 12.5. The molecule has 1 atom stereocenters. The number of nitrogens with zero attached hydrogens (tertiary/aromatic N) is 1. The van der Waals surface area contributed by atoms with Crippen molar-refractivity contribution in [2.24, 2.45) is 5.73 Å². The Kier molecular flexibility index (Phi) is 7.53. The minimum absolute atomic E-state index is 0.0133. The molecular formula is C32H25ClN2O4. The predicted molar refractivity (Wildman–Crippen MR) is 148 cm³/mol. The Bertz CT molecular complexity index is 1570. The summed E-state index contributed by atoms with van der Waals surface area (Å²) in [7, 11) is 0. The first kappa shape index (κ1) is 25.9. The first-order chi connectivity index (χ1) is 18.9. The molecule has 0 saturated carbocycles. The van der Waals surface area contributed by atoms with Gasteiger partial charge in [0.15, 0.2) is 0 Å². The van der Waals surface area contributed by atoms with Crippen molar-refractivity contribution in [1.82, 2.24) is 0 Å². The molecule has 1 aliphatic rings. The fraction of sp³-hybridized carbons (Fsp3) is 0.125. The molecule has 39 heavy (non-hydrogen) atoms. The molecule has 1 aliphatic heterocycles. The van der Waals surface area contributed by atoms with Crippen molar-refractivity contribution >= 4 is 17.6 Å². The van der Waals surface area contributed by atoms with Crippen LogP contribution in [0.15, 0.2) is 102 Å². The van der Waals surface area contributed by atoms with Gasteiger partial charge in [-0.2, -0.15) is 5.26 Å². The van der Waals surface area contributed by atoms with Crippen molar-refractivity contribution in [2.45, 2.75) is 25.9 Å². The number of aryl methyl sites for hydroxylation is 1. The van der Waals surface area contributed by atoms with Gasteiger partial charge in [-0.25, -0.2) is 0 Å². The van der Waals surface area contributed by atoms with Crippen LogP contribution in [0.25, 0.3) is 0 Å². The summed E-state index contributed by atoms with van der Waals surface area (Å²) in [6.45, 7) is 2.50. The standard InChI is InChI=1S/C32H25ClN2O4/c1-20-2-4-22(5-3-20)19-37-25-12-8-23(9-13-25)31-27-15-14-26(17-29(27)39-32(35)28(31)18-34)38-30(36)16-21-6-10-24(33)11-7-21/h2-15,17,31H,16,19,35H2,1H3. The summed E-state index contributed by atoms with van der Waals surface area (Å²) in [5, 5.41) is 10.5.